The van der Waals surface area contributed by atoms with Crippen molar-refractivity contribution in [3.05, 3.63) is 64.0 Å². The van der Waals surface area contributed by atoms with Gasteiger partial charge >= 0.3 is 11.9 Å². The molecule has 134 valence electrons. The van der Waals surface area contributed by atoms with Crippen LogP contribution in [0.1, 0.15) is 20.0 Å². The van der Waals surface area contributed by atoms with Crippen LogP contribution >= 0.6 is 22.9 Å². The summed E-state index contributed by atoms with van der Waals surface area (Å²) < 4.78 is 16.2. The van der Waals surface area contributed by atoms with Gasteiger partial charge in [0.1, 0.15) is 17.2 Å². The quantitative estimate of drug-likeness (QED) is 0.350. The SMILES string of the molecule is COCCOC(=O)c1cccc(OC(=O)c2sc3ccccc3c2Cl)c1. The van der Waals surface area contributed by atoms with Gasteiger partial charge in [0.05, 0.1) is 17.2 Å². The van der Waals surface area contributed by atoms with Crippen LogP contribution in [-0.4, -0.2) is 32.3 Å². The molecular formula is C19H15ClO5S. The van der Waals surface area contributed by atoms with Gasteiger partial charge in [-0.25, -0.2) is 9.59 Å². The Balaban J connectivity index is 1.76. The molecule has 3 rings (SSSR count). The Bertz CT molecular complexity index is 950. The highest BCUT2D eigenvalue weighted by Gasteiger charge is 2.19. The maximum atomic E-state index is 12.5. The molecule has 0 spiro atoms. The lowest BCUT2D eigenvalue weighted by atomic mass is 10.2. The zero-order valence-electron chi connectivity index (χ0n) is 13.9. The molecule has 5 nitrogen and oxygen atoms in total. The summed E-state index contributed by atoms with van der Waals surface area (Å²) in [5.74, 6) is -0.842. The van der Waals surface area contributed by atoms with Gasteiger partial charge in [-0.05, 0) is 24.3 Å². The number of methoxy groups -OCH3 is 1. The summed E-state index contributed by atoms with van der Waals surface area (Å²) in [4.78, 5) is 24.7. The number of benzene rings is 2. The molecular weight excluding hydrogens is 376 g/mol. The fourth-order valence-corrected chi connectivity index (χ4v) is 3.67. The Labute approximate surface area is 159 Å². The molecule has 0 atom stereocenters. The zero-order chi connectivity index (χ0) is 18.5. The maximum Gasteiger partial charge on any atom is 0.355 e. The van der Waals surface area contributed by atoms with Gasteiger partial charge in [0.25, 0.3) is 0 Å². The lowest BCUT2D eigenvalue weighted by Gasteiger charge is -2.07. The average Bonchev–Trinajstić information content (AvgIpc) is 2.99. The normalized spacial score (nSPS) is 10.7. The summed E-state index contributed by atoms with van der Waals surface area (Å²) in [5.41, 5.74) is 0.286. The van der Waals surface area contributed by atoms with Gasteiger partial charge < -0.3 is 14.2 Å². The number of carbonyl (C=O) groups is 2. The second-order valence-corrected chi connectivity index (χ2v) is 6.72. The van der Waals surface area contributed by atoms with Crippen molar-refractivity contribution in [1.82, 2.24) is 0 Å². The first-order valence-electron chi connectivity index (χ1n) is 7.75. The van der Waals surface area contributed by atoms with E-state index in [0.29, 0.717) is 16.5 Å². The first-order chi connectivity index (χ1) is 12.6. The topological polar surface area (TPSA) is 61.8 Å². The molecule has 1 heterocycles. The first kappa shape index (κ1) is 18.4. The molecule has 3 aromatic rings. The van der Waals surface area contributed by atoms with Gasteiger partial charge in [0, 0.05) is 17.2 Å². The summed E-state index contributed by atoms with van der Waals surface area (Å²) in [5, 5.41) is 1.17. The molecule has 1 aromatic heterocycles. The number of fused-ring (bicyclic) bond motifs is 1. The predicted octanol–water partition coefficient (Wildman–Crippen LogP) is 4.58. The van der Waals surface area contributed by atoms with E-state index in [-0.39, 0.29) is 17.9 Å². The van der Waals surface area contributed by atoms with E-state index < -0.39 is 11.9 Å². The molecule has 0 aliphatic rings. The van der Waals surface area contributed by atoms with Crippen molar-refractivity contribution in [1.29, 1.82) is 0 Å². The van der Waals surface area contributed by atoms with E-state index in [1.165, 1.54) is 24.5 Å². The second-order valence-electron chi connectivity index (χ2n) is 5.29. The van der Waals surface area contributed by atoms with Gasteiger partial charge in [-0.2, -0.15) is 0 Å². The maximum absolute atomic E-state index is 12.5. The molecule has 0 fully saturated rings. The minimum atomic E-state index is -0.568. The van der Waals surface area contributed by atoms with Crippen LogP contribution in [0.15, 0.2) is 48.5 Å². The summed E-state index contributed by atoms with van der Waals surface area (Å²) in [6.07, 6.45) is 0. The number of halogens is 1. The summed E-state index contributed by atoms with van der Waals surface area (Å²) in [6, 6.07) is 13.7. The number of ether oxygens (including phenoxy) is 3. The molecule has 0 radical (unpaired) electrons. The van der Waals surface area contributed by atoms with Crippen molar-refractivity contribution < 1.29 is 23.8 Å². The third-order valence-corrected chi connectivity index (χ3v) is 5.18. The summed E-state index contributed by atoms with van der Waals surface area (Å²) in [7, 11) is 1.52. The van der Waals surface area contributed by atoms with Crippen molar-refractivity contribution in [3.63, 3.8) is 0 Å². The predicted molar refractivity (Wildman–Crippen MR) is 100 cm³/mol. The van der Waals surface area contributed by atoms with Crippen molar-refractivity contribution in [3.8, 4) is 5.75 Å². The highest BCUT2D eigenvalue weighted by Crippen LogP contribution is 2.35. The molecule has 0 bridgehead atoms. The average molecular weight is 391 g/mol. The number of hydrogen-bond acceptors (Lipinski definition) is 6. The number of thiophene rings is 1. The van der Waals surface area contributed by atoms with E-state index in [2.05, 4.69) is 0 Å². The van der Waals surface area contributed by atoms with Gasteiger partial charge in [-0.15, -0.1) is 11.3 Å². The fourth-order valence-electron chi connectivity index (χ4n) is 2.29. The Hall–Kier alpha value is -2.41. The Morgan fingerprint density at radius 1 is 1.04 bits per heavy atom. The molecule has 7 heteroatoms. The molecule has 2 aromatic carbocycles. The van der Waals surface area contributed by atoms with Gasteiger partial charge in [-0.1, -0.05) is 35.9 Å². The molecule has 0 N–H and O–H groups in total. The monoisotopic (exact) mass is 390 g/mol. The van der Waals surface area contributed by atoms with E-state index in [1.54, 1.807) is 18.2 Å². The number of esters is 2. The van der Waals surface area contributed by atoms with E-state index in [4.69, 9.17) is 25.8 Å². The first-order valence-corrected chi connectivity index (χ1v) is 8.95. The summed E-state index contributed by atoms with van der Waals surface area (Å²) in [6.45, 7) is 0.460. The Morgan fingerprint density at radius 2 is 1.85 bits per heavy atom. The van der Waals surface area contributed by atoms with Gasteiger partial charge in [0.15, 0.2) is 0 Å². The molecule has 0 saturated carbocycles. The van der Waals surface area contributed by atoms with E-state index >= 15 is 0 Å². The fraction of sp³-hybridized carbons (Fsp3) is 0.158. The molecule has 0 amide bonds. The van der Waals surface area contributed by atoms with Crippen LogP contribution in [0, 0.1) is 0 Å². The lowest BCUT2D eigenvalue weighted by molar-refractivity contribution is 0.0387. The lowest BCUT2D eigenvalue weighted by Crippen LogP contribution is -2.11. The molecule has 0 unspecified atom stereocenters. The smallest absolute Gasteiger partial charge is 0.355 e. The number of hydrogen-bond donors (Lipinski definition) is 0. The summed E-state index contributed by atoms with van der Waals surface area (Å²) >= 11 is 7.56. The minimum Gasteiger partial charge on any atom is -0.460 e. The second kappa shape index (κ2) is 8.31. The Morgan fingerprint density at radius 3 is 2.62 bits per heavy atom. The van der Waals surface area contributed by atoms with Crippen molar-refractivity contribution in [2.75, 3.05) is 20.3 Å². The van der Waals surface area contributed by atoms with E-state index in [1.807, 2.05) is 24.3 Å². The third kappa shape index (κ3) is 4.04. The van der Waals surface area contributed by atoms with Crippen molar-refractivity contribution in [2.45, 2.75) is 0 Å². The molecule has 0 aliphatic heterocycles. The van der Waals surface area contributed by atoms with Gasteiger partial charge in [-0.3, -0.25) is 0 Å². The standard InChI is InChI=1S/C19H15ClO5S/c1-23-9-10-24-18(21)12-5-4-6-13(11-12)25-19(22)17-16(20)14-7-2-3-8-15(14)26-17/h2-8,11H,9-10H2,1H3. The highest BCUT2D eigenvalue weighted by molar-refractivity contribution is 7.21. The zero-order valence-corrected chi connectivity index (χ0v) is 15.4. The van der Waals surface area contributed by atoms with Crippen LogP contribution in [0.3, 0.4) is 0 Å². The van der Waals surface area contributed by atoms with Crippen LogP contribution in [0.5, 0.6) is 5.75 Å². The van der Waals surface area contributed by atoms with Gasteiger partial charge in [0.2, 0.25) is 0 Å². The molecule has 26 heavy (non-hydrogen) atoms. The largest absolute Gasteiger partial charge is 0.460 e. The Kier molecular flexibility index (Phi) is 5.88. The molecule has 0 saturated heterocycles. The van der Waals surface area contributed by atoms with Crippen LogP contribution in [0.4, 0.5) is 0 Å². The molecule has 0 aliphatic carbocycles. The van der Waals surface area contributed by atoms with Crippen LogP contribution in [0.25, 0.3) is 10.1 Å². The van der Waals surface area contributed by atoms with Crippen LogP contribution in [-0.2, 0) is 9.47 Å². The van der Waals surface area contributed by atoms with Crippen molar-refractivity contribution in [2.24, 2.45) is 0 Å². The number of rotatable bonds is 6. The third-order valence-electron chi connectivity index (χ3n) is 3.52. The number of carbonyl (C=O) groups excluding carboxylic acids is 2. The van der Waals surface area contributed by atoms with E-state index in [0.717, 1.165) is 10.1 Å². The minimum absolute atomic E-state index is 0.150. The van der Waals surface area contributed by atoms with E-state index in [9.17, 15) is 9.59 Å². The highest BCUT2D eigenvalue weighted by atomic mass is 35.5. The van der Waals surface area contributed by atoms with Crippen LogP contribution in [0.2, 0.25) is 5.02 Å². The van der Waals surface area contributed by atoms with Crippen molar-refractivity contribution >= 4 is 45.0 Å². The van der Waals surface area contributed by atoms with Crippen LogP contribution < -0.4 is 4.74 Å².